The predicted molar refractivity (Wildman–Crippen MR) is 100 cm³/mol. The van der Waals surface area contributed by atoms with Crippen LogP contribution >= 0.6 is 11.8 Å². The Morgan fingerprint density at radius 2 is 2.15 bits per heavy atom. The molecule has 0 aliphatic carbocycles. The van der Waals surface area contributed by atoms with Crippen molar-refractivity contribution >= 4 is 33.8 Å². The number of nitrogens with one attached hydrogen (secondary N) is 1. The lowest BCUT2D eigenvalue weighted by Crippen LogP contribution is -2.25. The van der Waals surface area contributed by atoms with Crippen molar-refractivity contribution in [1.29, 1.82) is 0 Å². The van der Waals surface area contributed by atoms with Crippen LogP contribution < -0.4 is 10.1 Å². The van der Waals surface area contributed by atoms with Gasteiger partial charge in [-0.2, -0.15) is 0 Å². The van der Waals surface area contributed by atoms with Crippen molar-refractivity contribution in [3.05, 3.63) is 60.0 Å². The van der Waals surface area contributed by atoms with E-state index in [0.29, 0.717) is 13.0 Å². The fourth-order valence-electron chi connectivity index (χ4n) is 3.02. The standard InChI is InChI=1S/C19H17N3O3S/c1-22-14(8-17-18(23)21-19(24)26-17)7-13-4-5-15(9-16(13)22)25-11-12-3-2-6-20-10-12/h2-7,9-10,17H,8,11H2,1H3,(H,21,23,24). The number of carbonyl (C=O) groups excluding carboxylic acids is 2. The zero-order valence-corrected chi connectivity index (χ0v) is 15.0. The van der Waals surface area contributed by atoms with Crippen LogP contribution in [0.4, 0.5) is 4.79 Å². The van der Waals surface area contributed by atoms with Gasteiger partial charge in [0.15, 0.2) is 0 Å². The van der Waals surface area contributed by atoms with Gasteiger partial charge in [0, 0.05) is 48.6 Å². The quantitative estimate of drug-likeness (QED) is 0.750. The number of aryl methyl sites for hydroxylation is 1. The van der Waals surface area contributed by atoms with Gasteiger partial charge in [-0.15, -0.1) is 0 Å². The minimum Gasteiger partial charge on any atom is -0.489 e. The summed E-state index contributed by atoms with van der Waals surface area (Å²) in [7, 11) is 1.96. The van der Waals surface area contributed by atoms with Crippen LogP contribution in [-0.4, -0.2) is 25.9 Å². The van der Waals surface area contributed by atoms with Crippen LogP contribution in [0, 0.1) is 0 Å². The molecule has 132 valence electrons. The lowest BCUT2D eigenvalue weighted by molar-refractivity contribution is -0.118. The van der Waals surface area contributed by atoms with Crippen molar-refractivity contribution in [2.75, 3.05) is 0 Å². The lowest BCUT2D eigenvalue weighted by atomic mass is 10.2. The lowest BCUT2D eigenvalue weighted by Gasteiger charge is -2.08. The Kier molecular flexibility index (Phi) is 4.38. The highest BCUT2D eigenvalue weighted by molar-refractivity contribution is 8.15. The van der Waals surface area contributed by atoms with Crippen molar-refractivity contribution in [2.45, 2.75) is 18.3 Å². The number of ether oxygens (including phenoxy) is 1. The van der Waals surface area contributed by atoms with E-state index in [1.54, 1.807) is 12.4 Å². The molecule has 1 unspecified atom stereocenters. The van der Waals surface area contributed by atoms with Gasteiger partial charge in [-0.05, 0) is 24.3 Å². The SMILES string of the molecule is Cn1c(CC2SC(=O)NC2=O)cc2ccc(OCc3cccnc3)cc21. The molecule has 1 saturated heterocycles. The first-order valence-electron chi connectivity index (χ1n) is 8.22. The van der Waals surface area contributed by atoms with Crippen LogP contribution in [0.2, 0.25) is 0 Å². The maximum Gasteiger partial charge on any atom is 0.286 e. The number of amides is 2. The molecule has 7 heteroatoms. The number of thioether (sulfide) groups is 1. The van der Waals surface area contributed by atoms with Gasteiger partial charge in [0.1, 0.15) is 12.4 Å². The topological polar surface area (TPSA) is 73.2 Å². The smallest absolute Gasteiger partial charge is 0.286 e. The van der Waals surface area contributed by atoms with Crippen molar-refractivity contribution in [2.24, 2.45) is 7.05 Å². The Hall–Kier alpha value is -2.80. The van der Waals surface area contributed by atoms with Gasteiger partial charge in [0.05, 0.1) is 10.8 Å². The summed E-state index contributed by atoms with van der Waals surface area (Å²) < 4.78 is 7.91. The van der Waals surface area contributed by atoms with Crippen LogP contribution in [0.25, 0.3) is 10.9 Å². The first kappa shape index (κ1) is 16.7. The fraction of sp³-hybridized carbons (Fsp3) is 0.211. The number of imide groups is 1. The van der Waals surface area contributed by atoms with E-state index >= 15 is 0 Å². The van der Waals surface area contributed by atoms with E-state index in [1.165, 1.54) is 0 Å². The highest BCUT2D eigenvalue weighted by Crippen LogP contribution is 2.28. The molecule has 1 atom stereocenters. The molecule has 1 aliphatic rings. The third-order valence-corrected chi connectivity index (χ3v) is 5.39. The van der Waals surface area contributed by atoms with E-state index in [1.807, 2.05) is 41.9 Å². The molecular formula is C19H17N3O3S. The number of benzene rings is 1. The highest BCUT2D eigenvalue weighted by atomic mass is 32.2. The second-order valence-electron chi connectivity index (χ2n) is 6.15. The number of fused-ring (bicyclic) bond motifs is 1. The average molecular weight is 367 g/mol. The molecule has 0 spiro atoms. The van der Waals surface area contributed by atoms with E-state index in [4.69, 9.17) is 4.74 Å². The zero-order chi connectivity index (χ0) is 18.1. The Morgan fingerprint density at radius 1 is 1.27 bits per heavy atom. The normalized spacial score (nSPS) is 16.9. The maximum absolute atomic E-state index is 11.8. The van der Waals surface area contributed by atoms with Gasteiger partial charge in [0.25, 0.3) is 5.24 Å². The molecule has 0 radical (unpaired) electrons. The van der Waals surface area contributed by atoms with Gasteiger partial charge in [0.2, 0.25) is 5.91 Å². The summed E-state index contributed by atoms with van der Waals surface area (Å²) in [4.78, 5) is 27.2. The predicted octanol–water partition coefficient (Wildman–Crippen LogP) is 3.05. The van der Waals surface area contributed by atoms with Gasteiger partial charge < -0.3 is 9.30 Å². The molecule has 1 aromatic carbocycles. The first-order valence-corrected chi connectivity index (χ1v) is 9.09. The summed E-state index contributed by atoms with van der Waals surface area (Å²) in [6.45, 7) is 0.456. The molecule has 1 aliphatic heterocycles. The summed E-state index contributed by atoms with van der Waals surface area (Å²) in [5.74, 6) is 0.558. The molecule has 1 fully saturated rings. The van der Waals surface area contributed by atoms with Crippen molar-refractivity contribution in [3.63, 3.8) is 0 Å². The van der Waals surface area contributed by atoms with Gasteiger partial charge >= 0.3 is 0 Å². The zero-order valence-electron chi connectivity index (χ0n) is 14.1. The molecule has 3 heterocycles. The monoisotopic (exact) mass is 367 g/mol. The average Bonchev–Trinajstić information content (AvgIpc) is 3.13. The van der Waals surface area contributed by atoms with E-state index in [-0.39, 0.29) is 16.4 Å². The highest BCUT2D eigenvalue weighted by Gasteiger charge is 2.32. The summed E-state index contributed by atoms with van der Waals surface area (Å²) in [6.07, 6.45) is 4.03. The summed E-state index contributed by atoms with van der Waals surface area (Å²) in [5, 5.41) is 2.77. The van der Waals surface area contributed by atoms with Crippen molar-refractivity contribution in [3.8, 4) is 5.75 Å². The number of carbonyl (C=O) groups is 2. The Morgan fingerprint density at radius 3 is 2.88 bits per heavy atom. The molecular weight excluding hydrogens is 350 g/mol. The van der Waals surface area contributed by atoms with E-state index in [9.17, 15) is 9.59 Å². The molecule has 3 aromatic rings. The van der Waals surface area contributed by atoms with E-state index in [2.05, 4.69) is 16.4 Å². The third-order valence-electron chi connectivity index (χ3n) is 4.41. The minimum atomic E-state index is -0.369. The number of nitrogens with zero attached hydrogens (tertiary/aromatic N) is 2. The fourth-order valence-corrected chi connectivity index (χ4v) is 3.86. The van der Waals surface area contributed by atoms with Crippen LogP contribution in [0.5, 0.6) is 5.75 Å². The minimum absolute atomic E-state index is 0.217. The van der Waals surface area contributed by atoms with E-state index < -0.39 is 0 Å². The second kappa shape index (κ2) is 6.84. The molecule has 2 aromatic heterocycles. The molecule has 1 N–H and O–H groups in total. The molecule has 26 heavy (non-hydrogen) atoms. The van der Waals surface area contributed by atoms with Crippen molar-refractivity contribution < 1.29 is 14.3 Å². The molecule has 4 rings (SSSR count). The largest absolute Gasteiger partial charge is 0.489 e. The Labute approximate surface area is 154 Å². The summed E-state index contributed by atoms with van der Waals surface area (Å²) >= 11 is 1.05. The number of pyridine rings is 1. The first-order chi connectivity index (χ1) is 12.6. The number of hydrogen-bond acceptors (Lipinski definition) is 5. The Bertz CT molecular complexity index is 984. The van der Waals surface area contributed by atoms with E-state index in [0.717, 1.165) is 39.7 Å². The third kappa shape index (κ3) is 3.30. The number of rotatable bonds is 5. The second-order valence-corrected chi connectivity index (χ2v) is 7.33. The van der Waals surface area contributed by atoms with Gasteiger partial charge in [-0.3, -0.25) is 19.9 Å². The molecule has 0 saturated carbocycles. The van der Waals surface area contributed by atoms with Crippen LogP contribution in [0.3, 0.4) is 0 Å². The number of aromatic nitrogens is 2. The van der Waals surface area contributed by atoms with Gasteiger partial charge in [-0.1, -0.05) is 17.8 Å². The van der Waals surface area contributed by atoms with Crippen LogP contribution in [0.15, 0.2) is 48.8 Å². The molecule has 0 bridgehead atoms. The van der Waals surface area contributed by atoms with Crippen LogP contribution in [-0.2, 0) is 24.9 Å². The maximum atomic E-state index is 11.8. The molecule has 2 amide bonds. The summed E-state index contributed by atoms with van der Waals surface area (Å²) in [5.41, 5.74) is 3.04. The van der Waals surface area contributed by atoms with Crippen molar-refractivity contribution in [1.82, 2.24) is 14.9 Å². The number of hydrogen-bond donors (Lipinski definition) is 1. The van der Waals surface area contributed by atoms with Crippen LogP contribution in [0.1, 0.15) is 11.3 Å². The van der Waals surface area contributed by atoms with Gasteiger partial charge in [-0.25, -0.2) is 0 Å². The summed E-state index contributed by atoms with van der Waals surface area (Å²) in [6, 6.07) is 11.8. The Balaban J connectivity index is 1.53. The molecule has 6 nitrogen and oxygen atoms in total.